The van der Waals surface area contributed by atoms with Crippen LogP contribution < -0.4 is 0 Å². The summed E-state index contributed by atoms with van der Waals surface area (Å²) >= 11 is 0. The van der Waals surface area contributed by atoms with Crippen molar-refractivity contribution in [3.8, 4) is 11.8 Å². The largest absolute Gasteiger partial charge is 0.469 e. The molecule has 16 heavy (non-hydrogen) atoms. The number of amides is 1. The Kier molecular flexibility index (Phi) is 4.80. The van der Waals surface area contributed by atoms with Gasteiger partial charge in [-0.15, -0.1) is 0 Å². The summed E-state index contributed by atoms with van der Waals surface area (Å²) in [7, 11) is 1.33. The third-order valence-electron chi connectivity index (χ3n) is 2.28. The molecule has 0 bridgehead atoms. The van der Waals surface area contributed by atoms with Crippen LogP contribution >= 0.6 is 0 Å². The molecule has 1 heterocycles. The molecule has 0 aromatic carbocycles. The summed E-state index contributed by atoms with van der Waals surface area (Å²) in [6, 6.07) is 0. The van der Waals surface area contributed by atoms with Gasteiger partial charge in [0.2, 0.25) is 0 Å². The average molecular weight is 225 g/mol. The summed E-state index contributed by atoms with van der Waals surface area (Å²) in [5, 5.41) is 0. The highest BCUT2D eigenvalue weighted by Crippen LogP contribution is 2.09. The standard InChI is InChI=1S/C11H15NO4/c1-3-4-10(13)12-5-6-16-9(8-12)7-11(14)15-2/h9H,5-8H2,1-2H3. The van der Waals surface area contributed by atoms with Crippen molar-refractivity contribution in [3.63, 3.8) is 0 Å². The second kappa shape index (κ2) is 6.13. The molecule has 1 unspecified atom stereocenters. The number of carbonyl (C=O) groups excluding carboxylic acids is 2. The number of carbonyl (C=O) groups is 2. The number of hydrogen-bond donors (Lipinski definition) is 0. The minimum atomic E-state index is -0.333. The molecule has 0 radical (unpaired) electrons. The fraction of sp³-hybridized carbons (Fsp3) is 0.636. The van der Waals surface area contributed by atoms with Gasteiger partial charge < -0.3 is 14.4 Å². The number of rotatable bonds is 2. The van der Waals surface area contributed by atoms with Crippen molar-refractivity contribution in [3.05, 3.63) is 0 Å². The van der Waals surface area contributed by atoms with Crippen molar-refractivity contribution in [2.75, 3.05) is 26.8 Å². The molecule has 1 amide bonds. The first-order chi connectivity index (χ1) is 7.67. The number of hydrogen-bond acceptors (Lipinski definition) is 4. The molecule has 1 aliphatic heterocycles. The molecule has 0 aliphatic carbocycles. The monoisotopic (exact) mass is 225 g/mol. The van der Waals surface area contributed by atoms with Gasteiger partial charge in [-0.1, -0.05) is 5.92 Å². The van der Waals surface area contributed by atoms with Gasteiger partial charge in [0.1, 0.15) is 0 Å². The molecule has 0 aromatic heterocycles. The van der Waals surface area contributed by atoms with Gasteiger partial charge in [-0.3, -0.25) is 9.59 Å². The maximum absolute atomic E-state index is 11.5. The van der Waals surface area contributed by atoms with Gasteiger partial charge in [0.25, 0.3) is 5.91 Å². The summed E-state index contributed by atoms with van der Waals surface area (Å²) in [5.41, 5.74) is 0. The predicted octanol–water partition coefficient (Wildman–Crippen LogP) is -0.200. The van der Waals surface area contributed by atoms with Gasteiger partial charge in [-0.25, -0.2) is 0 Å². The molecular formula is C11H15NO4. The van der Waals surface area contributed by atoms with Crippen molar-refractivity contribution < 1.29 is 19.1 Å². The van der Waals surface area contributed by atoms with Gasteiger partial charge >= 0.3 is 5.97 Å². The smallest absolute Gasteiger partial charge is 0.308 e. The predicted molar refractivity (Wildman–Crippen MR) is 56.4 cm³/mol. The van der Waals surface area contributed by atoms with Crippen LogP contribution in [-0.2, 0) is 19.1 Å². The third-order valence-corrected chi connectivity index (χ3v) is 2.28. The molecule has 1 saturated heterocycles. The van der Waals surface area contributed by atoms with E-state index in [1.54, 1.807) is 11.8 Å². The quantitative estimate of drug-likeness (QED) is 0.482. The third kappa shape index (κ3) is 3.55. The zero-order chi connectivity index (χ0) is 12.0. The van der Waals surface area contributed by atoms with Gasteiger partial charge in [-0.05, 0) is 12.8 Å². The molecular weight excluding hydrogens is 210 g/mol. The van der Waals surface area contributed by atoms with Crippen molar-refractivity contribution in [1.29, 1.82) is 0 Å². The van der Waals surface area contributed by atoms with Crippen LogP contribution in [-0.4, -0.2) is 49.7 Å². The van der Waals surface area contributed by atoms with E-state index in [0.717, 1.165) is 0 Å². The van der Waals surface area contributed by atoms with E-state index in [0.29, 0.717) is 19.7 Å². The second-order valence-corrected chi connectivity index (χ2v) is 3.40. The lowest BCUT2D eigenvalue weighted by Gasteiger charge is -2.31. The minimum absolute atomic E-state index is 0.167. The topological polar surface area (TPSA) is 55.8 Å². The second-order valence-electron chi connectivity index (χ2n) is 3.40. The maximum Gasteiger partial charge on any atom is 0.308 e. The Morgan fingerprint density at radius 3 is 2.94 bits per heavy atom. The van der Waals surface area contributed by atoms with Gasteiger partial charge in [0.15, 0.2) is 0 Å². The fourth-order valence-corrected chi connectivity index (χ4v) is 1.48. The molecule has 1 aliphatic rings. The number of esters is 1. The molecule has 0 aromatic rings. The van der Waals surface area contributed by atoms with E-state index in [4.69, 9.17) is 4.74 Å². The Morgan fingerprint density at radius 1 is 1.56 bits per heavy atom. The Hall–Kier alpha value is -1.54. The van der Waals surface area contributed by atoms with E-state index in [-0.39, 0.29) is 24.4 Å². The van der Waals surface area contributed by atoms with Crippen molar-refractivity contribution in [2.24, 2.45) is 0 Å². The summed E-state index contributed by atoms with van der Waals surface area (Å²) in [6.45, 7) is 2.96. The summed E-state index contributed by atoms with van der Waals surface area (Å²) in [5.74, 6) is 4.47. The number of ether oxygens (including phenoxy) is 2. The highest BCUT2D eigenvalue weighted by atomic mass is 16.5. The molecule has 5 heteroatoms. The summed E-state index contributed by atoms with van der Waals surface area (Å²) < 4.78 is 9.91. The first-order valence-electron chi connectivity index (χ1n) is 5.07. The Balaban J connectivity index is 2.49. The van der Waals surface area contributed by atoms with Crippen molar-refractivity contribution in [2.45, 2.75) is 19.4 Å². The van der Waals surface area contributed by atoms with Gasteiger partial charge in [0, 0.05) is 13.1 Å². The van der Waals surface area contributed by atoms with Crippen LogP contribution in [0.2, 0.25) is 0 Å². The lowest BCUT2D eigenvalue weighted by atomic mass is 10.2. The normalized spacial score (nSPS) is 19.6. The average Bonchev–Trinajstić information content (AvgIpc) is 2.29. The lowest BCUT2D eigenvalue weighted by molar-refractivity contribution is -0.148. The Bertz CT molecular complexity index is 329. The number of methoxy groups -OCH3 is 1. The SMILES string of the molecule is CC#CC(=O)N1CCOC(CC(=O)OC)C1. The zero-order valence-electron chi connectivity index (χ0n) is 9.49. The molecule has 5 nitrogen and oxygen atoms in total. The molecule has 0 N–H and O–H groups in total. The van der Waals surface area contributed by atoms with Crippen LogP contribution in [0.3, 0.4) is 0 Å². The maximum atomic E-state index is 11.5. The van der Waals surface area contributed by atoms with E-state index in [1.807, 2.05) is 0 Å². The van der Waals surface area contributed by atoms with Crippen molar-refractivity contribution >= 4 is 11.9 Å². The van der Waals surface area contributed by atoms with Crippen LogP contribution in [0.5, 0.6) is 0 Å². The highest BCUT2D eigenvalue weighted by Gasteiger charge is 2.25. The summed E-state index contributed by atoms with van der Waals surface area (Å²) in [4.78, 5) is 24.1. The van der Waals surface area contributed by atoms with Crippen LogP contribution in [0.4, 0.5) is 0 Å². The number of morpholine rings is 1. The number of nitrogens with zero attached hydrogens (tertiary/aromatic N) is 1. The van der Waals surface area contributed by atoms with Crippen molar-refractivity contribution in [1.82, 2.24) is 4.90 Å². The Morgan fingerprint density at radius 2 is 2.31 bits per heavy atom. The zero-order valence-corrected chi connectivity index (χ0v) is 9.49. The van der Waals surface area contributed by atoms with E-state index in [2.05, 4.69) is 16.6 Å². The van der Waals surface area contributed by atoms with Gasteiger partial charge in [-0.2, -0.15) is 0 Å². The first kappa shape index (κ1) is 12.5. The Labute approximate surface area is 94.7 Å². The molecule has 1 rings (SSSR count). The fourth-order valence-electron chi connectivity index (χ4n) is 1.48. The molecule has 0 spiro atoms. The molecule has 1 atom stereocenters. The lowest BCUT2D eigenvalue weighted by Crippen LogP contribution is -2.45. The highest BCUT2D eigenvalue weighted by molar-refractivity contribution is 5.93. The molecule has 0 saturated carbocycles. The van der Waals surface area contributed by atoms with Crippen LogP contribution in [0.25, 0.3) is 0 Å². The summed E-state index contributed by atoms with van der Waals surface area (Å²) in [6.07, 6.45) is -0.122. The molecule has 1 fully saturated rings. The van der Waals surface area contributed by atoms with E-state index in [1.165, 1.54) is 7.11 Å². The van der Waals surface area contributed by atoms with E-state index < -0.39 is 0 Å². The van der Waals surface area contributed by atoms with Crippen LogP contribution in [0, 0.1) is 11.8 Å². The minimum Gasteiger partial charge on any atom is -0.469 e. The van der Waals surface area contributed by atoms with Crippen LogP contribution in [0.1, 0.15) is 13.3 Å². The van der Waals surface area contributed by atoms with Crippen LogP contribution in [0.15, 0.2) is 0 Å². The van der Waals surface area contributed by atoms with E-state index >= 15 is 0 Å². The first-order valence-corrected chi connectivity index (χ1v) is 5.07. The van der Waals surface area contributed by atoms with E-state index in [9.17, 15) is 9.59 Å². The molecule has 88 valence electrons. The van der Waals surface area contributed by atoms with Gasteiger partial charge in [0.05, 0.1) is 26.2 Å².